The number of aryl methyl sites for hydroxylation is 3. The molecule has 1 aromatic carbocycles. The van der Waals surface area contributed by atoms with Crippen LogP contribution in [0.5, 0.6) is 0 Å². The fourth-order valence-corrected chi connectivity index (χ4v) is 2.98. The molecule has 0 aliphatic carbocycles. The minimum Gasteiger partial charge on any atom is -0.349 e. The van der Waals surface area contributed by atoms with Crippen molar-refractivity contribution in [1.82, 2.24) is 0 Å². The van der Waals surface area contributed by atoms with Crippen molar-refractivity contribution in [2.75, 3.05) is 4.90 Å². The molecule has 0 N–H and O–H groups in total. The summed E-state index contributed by atoms with van der Waals surface area (Å²) >= 11 is 0. The average molecular weight is 227 g/mol. The van der Waals surface area contributed by atoms with Gasteiger partial charge in [-0.3, -0.25) is 0 Å². The molecular formula is C16H21N. The van der Waals surface area contributed by atoms with Gasteiger partial charge in [-0.25, -0.2) is 0 Å². The normalized spacial score (nSPS) is 22.8. The predicted octanol–water partition coefficient (Wildman–Crippen LogP) is 3.46. The first-order chi connectivity index (χ1) is 7.97. The van der Waals surface area contributed by atoms with E-state index in [0.29, 0.717) is 12.0 Å². The van der Waals surface area contributed by atoms with Gasteiger partial charge in [-0.2, -0.15) is 0 Å². The molecule has 2 rings (SSSR count). The minimum absolute atomic E-state index is 0.287. The molecule has 1 aromatic rings. The van der Waals surface area contributed by atoms with Gasteiger partial charge in [-0.05, 0) is 37.8 Å². The van der Waals surface area contributed by atoms with Crippen molar-refractivity contribution in [2.45, 2.75) is 46.7 Å². The lowest BCUT2D eigenvalue weighted by Gasteiger charge is -2.15. The molecule has 0 aromatic heterocycles. The molecule has 0 unspecified atom stereocenters. The highest BCUT2D eigenvalue weighted by Gasteiger charge is 2.49. The van der Waals surface area contributed by atoms with E-state index >= 15 is 0 Å². The molecule has 0 amide bonds. The summed E-state index contributed by atoms with van der Waals surface area (Å²) in [7, 11) is 0. The largest absolute Gasteiger partial charge is 0.349 e. The first kappa shape index (κ1) is 12.0. The number of benzene rings is 1. The van der Waals surface area contributed by atoms with Gasteiger partial charge in [-0.15, -0.1) is 6.42 Å². The van der Waals surface area contributed by atoms with Gasteiger partial charge in [-0.1, -0.05) is 37.5 Å². The summed E-state index contributed by atoms with van der Waals surface area (Å²) in [6.07, 6.45) is 5.63. The van der Waals surface area contributed by atoms with E-state index in [1.54, 1.807) is 0 Å². The van der Waals surface area contributed by atoms with Crippen LogP contribution < -0.4 is 4.90 Å². The standard InChI is InChI=1S/C16H21N/c1-7-14-15(10(2)3)17(14)16-12(5)8-11(4)9-13(16)6/h1,8-10,14-15H,2-6H3/t14-,15+,17?/m1/s1. The van der Waals surface area contributed by atoms with Gasteiger partial charge in [0.2, 0.25) is 0 Å². The number of hydrogen-bond donors (Lipinski definition) is 0. The molecule has 0 saturated carbocycles. The van der Waals surface area contributed by atoms with Crippen LogP contribution in [-0.4, -0.2) is 12.1 Å². The third-order valence-corrected chi connectivity index (χ3v) is 3.60. The molecule has 0 bridgehead atoms. The maximum Gasteiger partial charge on any atom is 0.111 e. The van der Waals surface area contributed by atoms with Crippen molar-refractivity contribution in [3.63, 3.8) is 0 Å². The van der Waals surface area contributed by atoms with Crippen molar-refractivity contribution >= 4 is 5.69 Å². The lowest BCUT2D eigenvalue weighted by atomic mass is 10.0. The zero-order chi connectivity index (χ0) is 12.7. The van der Waals surface area contributed by atoms with Crippen LogP contribution in [-0.2, 0) is 0 Å². The molecule has 0 spiro atoms. The lowest BCUT2D eigenvalue weighted by molar-refractivity contribution is 0.638. The molecule has 1 nitrogen and oxygen atoms in total. The summed E-state index contributed by atoms with van der Waals surface area (Å²) in [4.78, 5) is 2.40. The van der Waals surface area contributed by atoms with E-state index in [1.807, 2.05) is 0 Å². The SMILES string of the molecule is C#C[C@@H]1[C@H](C(C)C)N1c1c(C)cc(C)cc1C. The van der Waals surface area contributed by atoms with E-state index in [0.717, 1.165) is 0 Å². The quantitative estimate of drug-likeness (QED) is 0.552. The van der Waals surface area contributed by atoms with Gasteiger partial charge < -0.3 is 4.90 Å². The highest BCUT2D eigenvalue weighted by Crippen LogP contribution is 2.42. The molecule has 1 fully saturated rings. The molecule has 1 heteroatoms. The first-order valence-electron chi connectivity index (χ1n) is 6.29. The van der Waals surface area contributed by atoms with Crippen LogP contribution in [0.3, 0.4) is 0 Å². The lowest BCUT2D eigenvalue weighted by Crippen LogP contribution is -2.08. The van der Waals surface area contributed by atoms with Crippen LogP contribution in [0.4, 0.5) is 5.69 Å². The number of nitrogens with zero attached hydrogens (tertiary/aromatic N) is 1. The van der Waals surface area contributed by atoms with Crippen LogP contribution in [0.15, 0.2) is 12.1 Å². The average Bonchev–Trinajstić information content (AvgIpc) is 2.90. The maximum absolute atomic E-state index is 5.63. The van der Waals surface area contributed by atoms with Crippen LogP contribution in [0, 0.1) is 39.0 Å². The Morgan fingerprint density at radius 1 is 1.18 bits per heavy atom. The third-order valence-electron chi connectivity index (χ3n) is 3.60. The van der Waals surface area contributed by atoms with Gasteiger partial charge in [0, 0.05) is 5.69 Å². The van der Waals surface area contributed by atoms with Crippen molar-refractivity contribution in [2.24, 2.45) is 5.92 Å². The predicted molar refractivity (Wildman–Crippen MR) is 74.4 cm³/mol. The number of rotatable bonds is 2. The second-order valence-electron chi connectivity index (χ2n) is 5.50. The van der Waals surface area contributed by atoms with Gasteiger partial charge in [0.15, 0.2) is 0 Å². The van der Waals surface area contributed by atoms with Gasteiger partial charge >= 0.3 is 0 Å². The molecule has 0 radical (unpaired) electrons. The molecule has 1 saturated heterocycles. The number of hydrogen-bond acceptors (Lipinski definition) is 1. The second kappa shape index (κ2) is 4.11. The zero-order valence-corrected chi connectivity index (χ0v) is 11.4. The van der Waals surface area contributed by atoms with Crippen LogP contribution >= 0.6 is 0 Å². The van der Waals surface area contributed by atoms with Crippen LogP contribution in [0.2, 0.25) is 0 Å². The van der Waals surface area contributed by atoms with E-state index in [9.17, 15) is 0 Å². The Balaban J connectivity index is 2.40. The Kier molecular flexibility index (Phi) is 2.91. The van der Waals surface area contributed by atoms with E-state index in [2.05, 4.69) is 57.6 Å². The van der Waals surface area contributed by atoms with E-state index in [-0.39, 0.29) is 6.04 Å². The third kappa shape index (κ3) is 1.93. The second-order valence-corrected chi connectivity index (χ2v) is 5.50. The summed E-state index contributed by atoms with van der Waals surface area (Å²) in [5.41, 5.74) is 5.35. The minimum atomic E-state index is 0.287. The Morgan fingerprint density at radius 3 is 2.06 bits per heavy atom. The summed E-state index contributed by atoms with van der Waals surface area (Å²) < 4.78 is 0. The topological polar surface area (TPSA) is 3.01 Å². The number of terminal acetylenes is 1. The first-order valence-corrected chi connectivity index (χ1v) is 6.29. The molecule has 2 atom stereocenters. The zero-order valence-electron chi connectivity index (χ0n) is 11.4. The van der Waals surface area contributed by atoms with Gasteiger partial charge in [0.25, 0.3) is 0 Å². The fourth-order valence-electron chi connectivity index (χ4n) is 2.98. The van der Waals surface area contributed by atoms with Crippen LogP contribution in [0.1, 0.15) is 30.5 Å². The van der Waals surface area contributed by atoms with Crippen molar-refractivity contribution in [1.29, 1.82) is 0 Å². The Labute approximate surface area is 105 Å². The molecule has 1 aliphatic heterocycles. The Hall–Kier alpha value is -1.42. The van der Waals surface area contributed by atoms with Crippen molar-refractivity contribution in [3.05, 3.63) is 28.8 Å². The molecule has 17 heavy (non-hydrogen) atoms. The van der Waals surface area contributed by atoms with Crippen LogP contribution in [0.25, 0.3) is 0 Å². The van der Waals surface area contributed by atoms with Crippen molar-refractivity contribution in [3.8, 4) is 12.3 Å². The van der Waals surface area contributed by atoms with Gasteiger partial charge in [0.1, 0.15) is 6.04 Å². The Morgan fingerprint density at radius 2 is 1.71 bits per heavy atom. The van der Waals surface area contributed by atoms with Crippen molar-refractivity contribution < 1.29 is 0 Å². The molecule has 1 heterocycles. The fraction of sp³-hybridized carbons (Fsp3) is 0.500. The summed E-state index contributed by atoms with van der Waals surface area (Å²) in [5, 5.41) is 0. The molecule has 90 valence electrons. The number of anilines is 1. The summed E-state index contributed by atoms with van der Waals surface area (Å²) in [5.74, 6) is 3.52. The smallest absolute Gasteiger partial charge is 0.111 e. The highest BCUT2D eigenvalue weighted by molar-refractivity contribution is 5.68. The van der Waals surface area contributed by atoms with E-state index in [4.69, 9.17) is 6.42 Å². The maximum atomic E-state index is 5.63. The molecule has 1 aliphatic rings. The highest BCUT2D eigenvalue weighted by atomic mass is 15.4. The van der Waals surface area contributed by atoms with Gasteiger partial charge in [0.05, 0.1) is 6.04 Å². The summed E-state index contributed by atoms with van der Waals surface area (Å²) in [6, 6.07) is 5.28. The molecular weight excluding hydrogens is 206 g/mol. The van der Waals surface area contributed by atoms with E-state index < -0.39 is 0 Å². The monoisotopic (exact) mass is 227 g/mol. The summed E-state index contributed by atoms with van der Waals surface area (Å²) in [6.45, 7) is 11.0. The Bertz CT molecular complexity index is 456. The van der Waals surface area contributed by atoms with E-state index in [1.165, 1.54) is 22.4 Å².